The lowest BCUT2D eigenvalue weighted by molar-refractivity contribution is 0.0749. The second kappa shape index (κ2) is 5.98. The van der Waals surface area contributed by atoms with Crippen LogP contribution < -0.4 is 4.74 Å². The predicted molar refractivity (Wildman–Crippen MR) is 106 cm³/mol. The van der Waals surface area contributed by atoms with Crippen LogP contribution >= 0.6 is 0 Å². The molecule has 28 heavy (non-hydrogen) atoms. The lowest BCUT2D eigenvalue weighted by Gasteiger charge is -2.42. The van der Waals surface area contributed by atoms with Gasteiger partial charge in [0.05, 0.1) is 29.4 Å². The molecule has 5 heteroatoms. The van der Waals surface area contributed by atoms with Crippen LogP contribution in [0.3, 0.4) is 0 Å². The molecule has 0 radical (unpaired) electrons. The Kier molecular flexibility index (Phi) is 3.75. The maximum atomic E-state index is 14.0. The lowest BCUT2D eigenvalue weighted by atomic mass is 9.68. The molecule has 1 saturated carbocycles. The Morgan fingerprint density at radius 2 is 1.82 bits per heavy atom. The Bertz CT molecular complexity index is 1070. The van der Waals surface area contributed by atoms with Crippen LogP contribution in [-0.4, -0.2) is 27.6 Å². The third-order valence-electron chi connectivity index (χ3n) is 6.48. The summed E-state index contributed by atoms with van der Waals surface area (Å²) in [6.07, 6.45) is 4.70. The lowest BCUT2D eigenvalue weighted by Crippen LogP contribution is -2.58. The molecule has 2 aromatic carbocycles. The zero-order valence-electron chi connectivity index (χ0n) is 15.7. The van der Waals surface area contributed by atoms with E-state index in [2.05, 4.69) is 0 Å². The van der Waals surface area contributed by atoms with Crippen molar-refractivity contribution < 1.29 is 18.5 Å². The molecule has 0 aliphatic heterocycles. The number of rotatable bonds is 3. The molecule has 3 aliphatic carbocycles. The fourth-order valence-corrected chi connectivity index (χ4v) is 7.24. The van der Waals surface area contributed by atoms with Gasteiger partial charge in [-0.05, 0) is 37.5 Å². The molecule has 0 saturated heterocycles. The Balaban J connectivity index is 1.77. The molecule has 2 aromatic rings. The number of carbonyl (C=O) groups is 2. The molecule has 142 valence electrons. The van der Waals surface area contributed by atoms with E-state index in [9.17, 15) is 13.8 Å². The van der Waals surface area contributed by atoms with Gasteiger partial charge in [-0.2, -0.15) is 0 Å². The molecule has 5 atom stereocenters. The van der Waals surface area contributed by atoms with Gasteiger partial charge in [0.2, 0.25) is 0 Å². The van der Waals surface area contributed by atoms with Crippen LogP contribution in [0, 0.1) is 24.7 Å². The van der Waals surface area contributed by atoms with E-state index in [0.717, 1.165) is 5.56 Å². The fourth-order valence-electron chi connectivity index (χ4n) is 5.24. The van der Waals surface area contributed by atoms with Crippen molar-refractivity contribution in [3.05, 3.63) is 71.3 Å². The van der Waals surface area contributed by atoms with Crippen molar-refractivity contribution in [2.45, 2.75) is 23.0 Å². The average molecular weight is 392 g/mol. The highest BCUT2D eigenvalue weighted by atomic mass is 32.2. The van der Waals surface area contributed by atoms with Gasteiger partial charge in [-0.3, -0.25) is 13.8 Å². The number of fused-ring (bicyclic) bond motifs is 6. The zero-order chi connectivity index (χ0) is 19.6. The largest absolute Gasteiger partial charge is 0.496 e. The predicted octanol–water partition coefficient (Wildman–Crippen LogP) is 3.75. The van der Waals surface area contributed by atoms with Crippen LogP contribution in [0.5, 0.6) is 5.75 Å². The molecule has 0 spiro atoms. The summed E-state index contributed by atoms with van der Waals surface area (Å²) in [4.78, 5) is 28.1. The summed E-state index contributed by atoms with van der Waals surface area (Å²) in [7, 11) is -0.160. The van der Waals surface area contributed by atoms with Gasteiger partial charge in [-0.1, -0.05) is 42.0 Å². The van der Waals surface area contributed by atoms with Crippen molar-refractivity contribution in [1.29, 1.82) is 0 Å². The second-order valence-electron chi connectivity index (χ2n) is 7.82. The minimum atomic E-state index is -1.65. The van der Waals surface area contributed by atoms with Gasteiger partial charge in [0.25, 0.3) is 0 Å². The topological polar surface area (TPSA) is 60.4 Å². The van der Waals surface area contributed by atoms with Crippen molar-refractivity contribution in [1.82, 2.24) is 0 Å². The van der Waals surface area contributed by atoms with E-state index in [-0.39, 0.29) is 29.0 Å². The van der Waals surface area contributed by atoms with Crippen molar-refractivity contribution in [2.24, 2.45) is 17.8 Å². The van der Waals surface area contributed by atoms with Gasteiger partial charge >= 0.3 is 0 Å². The number of ether oxygens (including phenoxy) is 1. The second-order valence-corrected chi connectivity index (χ2v) is 9.50. The standard InChI is InChI=1S/C23H20O4S/c1-13-6-10-16(11-7-13)28(26)23-15-9-8-14(12-15)20(23)21(24)17-4-3-5-18(27-2)19(17)22(23)25/h3-11,14-15,20H,12H2,1-2H3/t14-,15+,20+,23-,28-/m0/s1. The summed E-state index contributed by atoms with van der Waals surface area (Å²) < 4.78 is 18.1. The quantitative estimate of drug-likeness (QED) is 0.747. The SMILES string of the molecule is COc1cccc2c1C(=O)[C@]1([S@@](=O)c3ccc(C)cc3)[C@@H]3C=C[C@@H](C3)[C@@H]1C2=O. The van der Waals surface area contributed by atoms with E-state index in [1.807, 2.05) is 43.3 Å². The number of methoxy groups -OCH3 is 1. The normalized spacial score (nSPS) is 30.9. The summed E-state index contributed by atoms with van der Waals surface area (Å²) >= 11 is 0. The molecule has 1 fully saturated rings. The Morgan fingerprint density at radius 3 is 2.54 bits per heavy atom. The maximum absolute atomic E-state index is 14.0. The third-order valence-corrected chi connectivity index (χ3v) is 8.53. The zero-order valence-corrected chi connectivity index (χ0v) is 16.5. The number of benzene rings is 2. The minimum absolute atomic E-state index is 0.0461. The Morgan fingerprint density at radius 1 is 1.07 bits per heavy atom. The fraction of sp³-hybridized carbons (Fsp3) is 0.304. The average Bonchev–Trinajstić information content (AvgIpc) is 3.32. The molecule has 0 amide bonds. The summed E-state index contributed by atoms with van der Waals surface area (Å²) in [5.41, 5.74) is 1.74. The van der Waals surface area contributed by atoms with Gasteiger partial charge in [0.15, 0.2) is 11.6 Å². The van der Waals surface area contributed by atoms with Gasteiger partial charge in [-0.25, -0.2) is 0 Å². The number of hydrogen-bond donors (Lipinski definition) is 0. The molecule has 0 heterocycles. The highest BCUT2D eigenvalue weighted by Gasteiger charge is 2.69. The van der Waals surface area contributed by atoms with Gasteiger partial charge in [0.1, 0.15) is 10.5 Å². The van der Waals surface area contributed by atoms with Crippen LogP contribution in [0.1, 0.15) is 32.7 Å². The molecule has 4 nitrogen and oxygen atoms in total. The van der Waals surface area contributed by atoms with E-state index in [1.54, 1.807) is 18.2 Å². The molecule has 0 aromatic heterocycles. The van der Waals surface area contributed by atoms with E-state index < -0.39 is 21.5 Å². The molecular weight excluding hydrogens is 372 g/mol. The van der Waals surface area contributed by atoms with Crippen molar-refractivity contribution in [2.75, 3.05) is 7.11 Å². The highest BCUT2D eigenvalue weighted by Crippen LogP contribution is 2.59. The third kappa shape index (κ3) is 2.03. The van der Waals surface area contributed by atoms with Crippen LogP contribution in [-0.2, 0) is 10.8 Å². The number of carbonyl (C=O) groups excluding carboxylic acids is 2. The number of ketones is 2. The van der Waals surface area contributed by atoms with Crippen LogP contribution in [0.25, 0.3) is 0 Å². The summed E-state index contributed by atoms with van der Waals surface area (Å²) in [5, 5.41) is 0. The van der Waals surface area contributed by atoms with Crippen LogP contribution in [0.15, 0.2) is 59.5 Å². The minimum Gasteiger partial charge on any atom is -0.496 e. The van der Waals surface area contributed by atoms with E-state index in [1.165, 1.54) is 7.11 Å². The molecular formula is C23H20O4S. The van der Waals surface area contributed by atoms with Crippen molar-refractivity contribution >= 4 is 22.4 Å². The van der Waals surface area contributed by atoms with E-state index in [0.29, 0.717) is 22.6 Å². The maximum Gasteiger partial charge on any atom is 0.187 e. The number of aryl methyl sites for hydroxylation is 1. The first kappa shape index (κ1) is 17.6. The molecule has 0 unspecified atom stereocenters. The molecule has 0 N–H and O–H groups in total. The van der Waals surface area contributed by atoms with E-state index in [4.69, 9.17) is 4.74 Å². The van der Waals surface area contributed by atoms with Crippen molar-refractivity contribution in [3.8, 4) is 5.75 Å². The van der Waals surface area contributed by atoms with Crippen LogP contribution in [0.4, 0.5) is 0 Å². The number of allylic oxidation sites excluding steroid dienone is 2. The van der Waals surface area contributed by atoms with Gasteiger partial charge in [0, 0.05) is 16.4 Å². The van der Waals surface area contributed by atoms with Gasteiger partial charge < -0.3 is 4.74 Å². The molecule has 3 aliphatic rings. The smallest absolute Gasteiger partial charge is 0.187 e. The molecule has 5 rings (SSSR count). The van der Waals surface area contributed by atoms with E-state index >= 15 is 0 Å². The monoisotopic (exact) mass is 392 g/mol. The summed E-state index contributed by atoms with van der Waals surface area (Å²) in [6.45, 7) is 1.96. The van der Waals surface area contributed by atoms with Gasteiger partial charge in [-0.15, -0.1) is 0 Å². The molecule has 2 bridgehead atoms. The summed E-state index contributed by atoms with van der Waals surface area (Å²) in [6, 6.07) is 12.5. The highest BCUT2D eigenvalue weighted by molar-refractivity contribution is 7.87. The first-order valence-electron chi connectivity index (χ1n) is 9.43. The first-order chi connectivity index (χ1) is 13.5. The van der Waals surface area contributed by atoms with Crippen molar-refractivity contribution in [3.63, 3.8) is 0 Å². The van der Waals surface area contributed by atoms with Crippen LogP contribution in [0.2, 0.25) is 0 Å². The summed E-state index contributed by atoms with van der Waals surface area (Å²) in [5.74, 6) is -0.779. The Labute approximate surface area is 166 Å². The Hall–Kier alpha value is -2.53. The first-order valence-corrected chi connectivity index (χ1v) is 10.6. The number of Topliss-reactive ketones (excluding diaryl/α,β-unsaturated/α-hetero) is 2. The number of hydrogen-bond acceptors (Lipinski definition) is 4.